The molecule has 1 aromatic rings. The molecule has 0 saturated carbocycles. The number of thiazole rings is 1. The molecule has 3 heterocycles. The molecule has 2 atom stereocenters. The van der Waals surface area contributed by atoms with Crippen LogP contribution in [0.25, 0.3) is 0 Å². The first-order valence-electron chi connectivity index (χ1n) is 8.89. The second kappa shape index (κ2) is 7.92. The first-order chi connectivity index (χ1) is 11.1. The molecule has 3 rings (SSSR count). The lowest BCUT2D eigenvalue weighted by Crippen LogP contribution is -2.46. The van der Waals surface area contributed by atoms with Crippen molar-refractivity contribution in [2.24, 2.45) is 5.92 Å². The third-order valence-corrected chi connectivity index (χ3v) is 5.82. The first kappa shape index (κ1) is 17.1. The van der Waals surface area contributed by atoms with Gasteiger partial charge in [0.25, 0.3) is 0 Å². The van der Waals surface area contributed by atoms with Crippen molar-refractivity contribution < 1.29 is 4.74 Å². The van der Waals surface area contributed by atoms with Gasteiger partial charge in [0, 0.05) is 30.7 Å². The maximum absolute atomic E-state index is 5.82. The molecule has 6 heteroatoms. The van der Waals surface area contributed by atoms with Crippen LogP contribution < -0.4 is 5.73 Å². The summed E-state index contributed by atoms with van der Waals surface area (Å²) in [5.74, 6) is 0.881. The van der Waals surface area contributed by atoms with E-state index in [2.05, 4.69) is 28.6 Å². The second-order valence-corrected chi connectivity index (χ2v) is 8.34. The molecule has 2 aliphatic rings. The third-order valence-electron chi connectivity index (χ3n) is 5.01. The van der Waals surface area contributed by atoms with Gasteiger partial charge in [0.1, 0.15) is 0 Å². The fraction of sp³-hybridized carbons (Fsp3) is 0.824. The Labute approximate surface area is 143 Å². The van der Waals surface area contributed by atoms with Crippen molar-refractivity contribution in [3.63, 3.8) is 0 Å². The van der Waals surface area contributed by atoms with Crippen molar-refractivity contribution in [2.75, 3.05) is 38.5 Å². The number of rotatable bonds is 5. The molecule has 0 aromatic carbocycles. The van der Waals surface area contributed by atoms with E-state index in [1.54, 1.807) is 11.3 Å². The van der Waals surface area contributed by atoms with Crippen LogP contribution in [0.4, 0.5) is 5.13 Å². The largest absolute Gasteiger partial charge is 0.375 e. The number of aromatic nitrogens is 1. The number of likely N-dealkylation sites (tertiary alicyclic amines) is 1. The minimum absolute atomic E-state index is 0.382. The van der Waals surface area contributed by atoms with Crippen LogP contribution in [0.15, 0.2) is 6.20 Å². The predicted octanol–water partition coefficient (Wildman–Crippen LogP) is 2.44. The van der Waals surface area contributed by atoms with Crippen LogP contribution in [0.3, 0.4) is 0 Å². The number of morpholine rings is 1. The Kier molecular flexibility index (Phi) is 5.91. The zero-order chi connectivity index (χ0) is 16.2. The topological polar surface area (TPSA) is 54.6 Å². The van der Waals surface area contributed by atoms with Gasteiger partial charge in [0.05, 0.1) is 12.2 Å². The van der Waals surface area contributed by atoms with Gasteiger partial charge in [-0.2, -0.15) is 0 Å². The van der Waals surface area contributed by atoms with E-state index in [1.807, 2.05) is 6.20 Å². The lowest BCUT2D eigenvalue weighted by atomic mass is 9.93. The number of ether oxygens (including phenoxy) is 1. The lowest BCUT2D eigenvalue weighted by molar-refractivity contribution is -0.0693. The summed E-state index contributed by atoms with van der Waals surface area (Å²) >= 11 is 1.62. The molecule has 2 unspecified atom stereocenters. The second-order valence-electron chi connectivity index (χ2n) is 7.19. The highest BCUT2D eigenvalue weighted by atomic mass is 32.1. The zero-order valence-electron chi connectivity index (χ0n) is 14.4. The maximum Gasteiger partial charge on any atom is 0.180 e. The van der Waals surface area contributed by atoms with Crippen LogP contribution in [-0.2, 0) is 11.3 Å². The van der Waals surface area contributed by atoms with E-state index in [0.29, 0.717) is 17.3 Å². The predicted molar refractivity (Wildman–Crippen MR) is 95.6 cm³/mol. The van der Waals surface area contributed by atoms with Crippen LogP contribution >= 0.6 is 11.3 Å². The van der Waals surface area contributed by atoms with Crippen LogP contribution in [0.2, 0.25) is 0 Å². The van der Waals surface area contributed by atoms with Crippen molar-refractivity contribution in [3.05, 3.63) is 11.1 Å². The number of piperidine rings is 1. The Hall–Kier alpha value is -0.690. The van der Waals surface area contributed by atoms with Crippen LogP contribution in [0.5, 0.6) is 0 Å². The molecule has 2 aliphatic heterocycles. The minimum Gasteiger partial charge on any atom is -0.375 e. The summed E-state index contributed by atoms with van der Waals surface area (Å²) in [5, 5.41) is 0.684. The summed E-state index contributed by atoms with van der Waals surface area (Å²) in [4.78, 5) is 10.6. The Morgan fingerprint density at radius 2 is 1.91 bits per heavy atom. The van der Waals surface area contributed by atoms with Crippen molar-refractivity contribution in [1.29, 1.82) is 0 Å². The molecule has 130 valence electrons. The van der Waals surface area contributed by atoms with E-state index in [-0.39, 0.29) is 0 Å². The van der Waals surface area contributed by atoms with E-state index in [0.717, 1.165) is 25.6 Å². The average Bonchev–Trinajstić information content (AvgIpc) is 2.91. The summed E-state index contributed by atoms with van der Waals surface area (Å²) < 4.78 is 5.82. The van der Waals surface area contributed by atoms with Crippen LogP contribution in [-0.4, -0.2) is 59.7 Å². The number of nitrogen functional groups attached to an aromatic ring is 1. The quantitative estimate of drug-likeness (QED) is 0.894. The fourth-order valence-corrected chi connectivity index (χ4v) is 4.61. The van der Waals surface area contributed by atoms with Crippen LogP contribution in [0.1, 0.15) is 38.0 Å². The van der Waals surface area contributed by atoms with Crippen molar-refractivity contribution in [1.82, 2.24) is 14.8 Å². The SMILES string of the molecule is CC1CN(CCC2CCN(Cc3cnc(N)s3)CC2)CC(C)O1. The summed E-state index contributed by atoms with van der Waals surface area (Å²) in [5.41, 5.74) is 5.71. The third kappa shape index (κ3) is 5.14. The van der Waals surface area contributed by atoms with Crippen molar-refractivity contribution in [2.45, 2.75) is 51.9 Å². The molecule has 1 aromatic heterocycles. The molecule has 2 N–H and O–H groups in total. The van der Waals surface area contributed by atoms with Gasteiger partial charge >= 0.3 is 0 Å². The first-order valence-corrected chi connectivity index (χ1v) is 9.70. The van der Waals surface area contributed by atoms with Crippen molar-refractivity contribution in [3.8, 4) is 0 Å². The summed E-state index contributed by atoms with van der Waals surface area (Å²) in [6.07, 6.45) is 6.67. The normalized spacial score (nSPS) is 28.3. The van der Waals surface area contributed by atoms with E-state index >= 15 is 0 Å². The number of hydrogen-bond acceptors (Lipinski definition) is 6. The van der Waals surface area contributed by atoms with Gasteiger partial charge in [-0.05, 0) is 58.7 Å². The van der Waals surface area contributed by atoms with Gasteiger partial charge < -0.3 is 10.5 Å². The van der Waals surface area contributed by atoms with Gasteiger partial charge in [-0.3, -0.25) is 9.80 Å². The van der Waals surface area contributed by atoms with E-state index in [4.69, 9.17) is 10.5 Å². The van der Waals surface area contributed by atoms with Gasteiger partial charge in [-0.25, -0.2) is 4.98 Å². The molecule has 23 heavy (non-hydrogen) atoms. The zero-order valence-corrected chi connectivity index (χ0v) is 15.2. The molecule has 0 bridgehead atoms. The van der Waals surface area contributed by atoms with Gasteiger partial charge in [-0.15, -0.1) is 11.3 Å². The number of nitrogens with two attached hydrogens (primary N) is 1. The highest BCUT2D eigenvalue weighted by molar-refractivity contribution is 7.15. The fourth-order valence-electron chi connectivity index (χ4n) is 3.88. The summed E-state index contributed by atoms with van der Waals surface area (Å²) in [7, 11) is 0. The molecular formula is C17H30N4OS. The Morgan fingerprint density at radius 3 is 2.52 bits per heavy atom. The molecular weight excluding hydrogens is 308 g/mol. The standard InChI is InChI=1S/C17H30N4OS/c1-13-10-21(11-14(2)22-13)8-5-15-3-6-20(7-4-15)12-16-9-19-17(18)23-16/h9,13-15H,3-8,10-12H2,1-2H3,(H2,18,19). The van der Waals surface area contributed by atoms with Gasteiger partial charge in [-0.1, -0.05) is 0 Å². The van der Waals surface area contributed by atoms with Crippen LogP contribution in [0, 0.1) is 5.92 Å². The number of nitrogens with zero attached hydrogens (tertiary/aromatic N) is 3. The summed E-state index contributed by atoms with van der Waals surface area (Å²) in [6.45, 7) is 11.2. The number of hydrogen-bond donors (Lipinski definition) is 1. The molecule has 0 spiro atoms. The molecule has 5 nitrogen and oxygen atoms in total. The van der Waals surface area contributed by atoms with E-state index in [1.165, 1.54) is 43.8 Å². The minimum atomic E-state index is 0.382. The highest BCUT2D eigenvalue weighted by Gasteiger charge is 2.24. The van der Waals surface area contributed by atoms with Crippen molar-refractivity contribution >= 4 is 16.5 Å². The Bertz CT molecular complexity index is 477. The molecule has 0 amide bonds. The Balaban J connectivity index is 1.36. The molecule has 0 radical (unpaired) electrons. The van der Waals surface area contributed by atoms with Gasteiger partial charge in [0.2, 0.25) is 0 Å². The highest BCUT2D eigenvalue weighted by Crippen LogP contribution is 2.24. The Morgan fingerprint density at radius 1 is 1.22 bits per heavy atom. The molecule has 2 saturated heterocycles. The molecule has 2 fully saturated rings. The van der Waals surface area contributed by atoms with E-state index in [9.17, 15) is 0 Å². The smallest absolute Gasteiger partial charge is 0.180 e. The monoisotopic (exact) mass is 338 g/mol. The lowest BCUT2D eigenvalue weighted by Gasteiger charge is -2.37. The van der Waals surface area contributed by atoms with E-state index < -0.39 is 0 Å². The van der Waals surface area contributed by atoms with Gasteiger partial charge in [0.15, 0.2) is 5.13 Å². The number of anilines is 1. The maximum atomic E-state index is 5.82. The average molecular weight is 339 g/mol. The molecule has 0 aliphatic carbocycles. The summed E-state index contributed by atoms with van der Waals surface area (Å²) in [6, 6.07) is 0.